The molecule has 0 spiro atoms. The average Bonchev–Trinajstić information content (AvgIpc) is 3.03. The molecule has 0 amide bonds. The molecule has 0 aromatic heterocycles. The first-order chi connectivity index (χ1) is 6.95. The predicted molar refractivity (Wildman–Crippen MR) is 64.9 cm³/mol. The lowest BCUT2D eigenvalue weighted by atomic mass is 9.96. The van der Waals surface area contributed by atoms with Gasteiger partial charge in [0.05, 0.1) is 0 Å². The third-order valence-corrected chi connectivity index (χ3v) is 4.53. The molecular weight excluding hydrogens is 190 g/mol. The van der Waals surface area contributed by atoms with Crippen molar-refractivity contribution in [3.63, 3.8) is 0 Å². The summed E-state index contributed by atoms with van der Waals surface area (Å²) in [5.41, 5.74) is 0. The molecule has 0 unspecified atom stereocenters. The minimum atomic E-state index is 0.852. The molecule has 0 atom stereocenters. The molecular formula is C12H23NS. The second-order valence-corrected chi connectivity index (χ2v) is 5.96. The lowest BCUT2D eigenvalue weighted by molar-refractivity contribution is 0.381. The molecule has 0 aromatic rings. The van der Waals surface area contributed by atoms with Crippen LogP contribution in [0.1, 0.15) is 44.9 Å². The highest BCUT2D eigenvalue weighted by Crippen LogP contribution is 2.32. The van der Waals surface area contributed by atoms with Crippen LogP contribution in [0.25, 0.3) is 0 Å². The molecule has 2 aliphatic rings. The van der Waals surface area contributed by atoms with Gasteiger partial charge in [0.15, 0.2) is 0 Å². The molecule has 82 valence electrons. The largest absolute Gasteiger partial charge is 0.313 e. The summed E-state index contributed by atoms with van der Waals surface area (Å²) in [6, 6.07) is 0.852. The van der Waals surface area contributed by atoms with Crippen molar-refractivity contribution in [2.45, 2.75) is 51.0 Å². The van der Waals surface area contributed by atoms with Gasteiger partial charge in [-0.05, 0) is 37.4 Å². The summed E-state index contributed by atoms with van der Waals surface area (Å²) in [4.78, 5) is 0. The van der Waals surface area contributed by atoms with E-state index < -0.39 is 0 Å². The second-order valence-electron chi connectivity index (χ2n) is 4.81. The number of hydrogen-bond acceptors (Lipinski definition) is 2. The molecule has 0 aliphatic heterocycles. The maximum atomic E-state index is 3.69. The van der Waals surface area contributed by atoms with Crippen molar-refractivity contribution in [3.8, 4) is 0 Å². The number of hydrogen-bond donors (Lipinski definition) is 1. The Bertz CT molecular complexity index is 150. The molecule has 2 fully saturated rings. The SMILES string of the molecule is C1CCC(NCCSCC2CC2)CC1. The lowest BCUT2D eigenvalue weighted by Gasteiger charge is -2.22. The van der Waals surface area contributed by atoms with E-state index in [1.165, 1.54) is 63.0 Å². The van der Waals surface area contributed by atoms with E-state index in [1.807, 2.05) is 0 Å². The van der Waals surface area contributed by atoms with Gasteiger partial charge in [-0.1, -0.05) is 19.3 Å². The first-order valence-corrected chi connectivity index (χ1v) is 7.42. The predicted octanol–water partition coefficient (Wildman–Crippen LogP) is 3.05. The fourth-order valence-corrected chi connectivity index (χ4v) is 3.27. The van der Waals surface area contributed by atoms with E-state index in [9.17, 15) is 0 Å². The monoisotopic (exact) mass is 213 g/mol. The summed E-state index contributed by atoms with van der Waals surface area (Å²) in [5, 5.41) is 3.69. The van der Waals surface area contributed by atoms with E-state index in [0.717, 1.165) is 12.0 Å². The third kappa shape index (κ3) is 4.22. The Hall–Kier alpha value is 0.310. The van der Waals surface area contributed by atoms with E-state index in [4.69, 9.17) is 0 Å². The minimum absolute atomic E-state index is 0.852. The van der Waals surface area contributed by atoms with Gasteiger partial charge in [0.2, 0.25) is 0 Å². The van der Waals surface area contributed by atoms with Gasteiger partial charge in [0.25, 0.3) is 0 Å². The van der Waals surface area contributed by atoms with Crippen LogP contribution in [0.4, 0.5) is 0 Å². The summed E-state index contributed by atoms with van der Waals surface area (Å²) in [6.07, 6.45) is 10.2. The van der Waals surface area contributed by atoms with Crippen LogP contribution in [0.2, 0.25) is 0 Å². The number of thioether (sulfide) groups is 1. The number of rotatable bonds is 6. The zero-order valence-electron chi connectivity index (χ0n) is 9.13. The Labute approximate surface area is 92.4 Å². The van der Waals surface area contributed by atoms with Gasteiger partial charge >= 0.3 is 0 Å². The highest BCUT2D eigenvalue weighted by atomic mass is 32.2. The van der Waals surface area contributed by atoms with Crippen LogP contribution in [0.15, 0.2) is 0 Å². The van der Waals surface area contributed by atoms with Crippen LogP contribution in [0.5, 0.6) is 0 Å². The van der Waals surface area contributed by atoms with Gasteiger partial charge in [-0.3, -0.25) is 0 Å². The minimum Gasteiger partial charge on any atom is -0.313 e. The molecule has 1 nitrogen and oxygen atoms in total. The number of nitrogens with one attached hydrogen (secondary N) is 1. The highest BCUT2D eigenvalue weighted by molar-refractivity contribution is 7.99. The molecule has 0 aromatic carbocycles. The Kier molecular flexibility index (Phi) is 4.65. The third-order valence-electron chi connectivity index (χ3n) is 3.34. The second kappa shape index (κ2) is 6.02. The summed E-state index contributed by atoms with van der Waals surface area (Å²) in [7, 11) is 0. The maximum Gasteiger partial charge on any atom is 0.00673 e. The van der Waals surface area contributed by atoms with Crippen molar-refractivity contribution in [1.82, 2.24) is 5.32 Å². The summed E-state index contributed by atoms with van der Waals surface area (Å²) >= 11 is 2.15. The molecule has 0 radical (unpaired) electrons. The average molecular weight is 213 g/mol. The molecule has 1 N–H and O–H groups in total. The summed E-state index contributed by atoms with van der Waals surface area (Å²) < 4.78 is 0. The van der Waals surface area contributed by atoms with Crippen molar-refractivity contribution in [3.05, 3.63) is 0 Å². The van der Waals surface area contributed by atoms with Gasteiger partial charge < -0.3 is 5.32 Å². The Morgan fingerprint density at radius 2 is 1.79 bits per heavy atom. The zero-order valence-corrected chi connectivity index (χ0v) is 9.95. The summed E-state index contributed by atoms with van der Waals surface area (Å²) in [6.45, 7) is 1.24. The van der Waals surface area contributed by atoms with E-state index in [1.54, 1.807) is 0 Å². The van der Waals surface area contributed by atoms with Crippen molar-refractivity contribution in [1.29, 1.82) is 0 Å². The van der Waals surface area contributed by atoms with E-state index >= 15 is 0 Å². The quantitative estimate of drug-likeness (QED) is 0.681. The first-order valence-electron chi connectivity index (χ1n) is 6.26. The first kappa shape index (κ1) is 10.8. The van der Waals surface area contributed by atoms with Crippen molar-refractivity contribution in [2.75, 3.05) is 18.1 Å². The molecule has 2 aliphatic carbocycles. The fourth-order valence-electron chi connectivity index (χ4n) is 2.18. The van der Waals surface area contributed by atoms with E-state index in [-0.39, 0.29) is 0 Å². The molecule has 2 heteroatoms. The normalized spacial score (nSPS) is 24.0. The maximum absolute atomic E-state index is 3.69. The molecule has 0 saturated heterocycles. The van der Waals surface area contributed by atoms with Crippen molar-refractivity contribution >= 4 is 11.8 Å². The van der Waals surface area contributed by atoms with Crippen LogP contribution < -0.4 is 5.32 Å². The molecule has 0 heterocycles. The smallest absolute Gasteiger partial charge is 0.00673 e. The van der Waals surface area contributed by atoms with Crippen LogP contribution in [-0.2, 0) is 0 Å². The van der Waals surface area contributed by atoms with Gasteiger partial charge in [-0.15, -0.1) is 0 Å². The Balaban J connectivity index is 1.41. The van der Waals surface area contributed by atoms with Gasteiger partial charge in [0, 0.05) is 18.3 Å². The standard InChI is InChI=1S/C12H23NS/c1-2-4-12(5-3-1)13-8-9-14-10-11-6-7-11/h11-13H,1-10H2. The van der Waals surface area contributed by atoms with Crippen molar-refractivity contribution < 1.29 is 0 Å². The molecule has 0 bridgehead atoms. The highest BCUT2D eigenvalue weighted by Gasteiger charge is 2.20. The van der Waals surface area contributed by atoms with Crippen LogP contribution in [-0.4, -0.2) is 24.1 Å². The molecule has 2 saturated carbocycles. The van der Waals surface area contributed by atoms with Crippen LogP contribution >= 0.6 is 11.8 Å². The topological polar surface area (TPSA) is 12.0 Å². The van der Waals surface area contributed by atoms with Crippen LogP contribution in [0.3, 0.4) is 0 Å². The molecule has 2 rings (SSSR count). The van der Waals surface area contributed by atoms with Gasteiger partial charge in [0.1, 0.15) is 0 Å². The Morgan fingerprint density at radius 1 is 1.00 bits per heavy atom. The lowest BCUT2D eigenvalue weighted by Crippen LogP contribution is -2.32. The zero-order chi connectivity index (χ0) is 9.64. The van der Waals surface area contributed by atoms with Gasteiger partial charge in [-0.25, -0.2) is 0 Å². The summed E-state index contributed by atoms with van der Waals surface area (Å²) in [5.74, 6) is 3.84. The van der Waals surface area contributed by atoms with E-state index in [2.05, 4.69) is 17.1 Å². The van der Waals surface area contributed by atoms with E-state index in [0.29, 0.717) is 0 Å². The molecule has 14 heavy (non-hydrogen) atoms. The Morgan fingerprint density at radius 3 is 2.50 bits per heavy atom. The fraction of sp³-hybridized carbons (Fsp3) is 1.00. The van der Waals surface area contributed by atoms with Crippen molar-refractivity contribution in [2.24, 2.45) is 5.92 Å². The van der Waals surface area contributed by atoms with Crippen LogP contribution in [0, 0.1) is 5.92 Å². The van der Waals surface area contributed by atoms with Gasteiger partial charge in [-0.2, -0.15) is 11.8 Å².